The average Bonchev–Trinajstić information content (AvgIpc) is 3.40. The molecule has 0 aliphatic carbocycles. The molecule has 35 heavy (non-hydrogen) atoms. The summed E-state index contributed by atoms with van der Waals surface area (Å²) >= 11 is 0. The first-order valence-electron chi connectivity index (χ1n) is 11.0. The van der Waals surface area contributed by atoms with Crippen molar-refractivity contribution in [2.45, 2.75) is 43.1 Å². The average molecular weight is 493 g/mol. The Hall–Kier alpha value is -4.05. The molecule has 9 nitrogen and oxygen atoms in total. The van der Waals surface area contributed by atoms with Gasteiger partial charge in [0.1, 0.15) is 18.1 Å². The quantitative estimate of drug-likeness (QED) is 0.333. The van der Waals surface area contributed by atoms with Crippen molar-refractivity contribution in [3.8, 4) is 22.9 Å². The van der Waals surface area contributed by atoms with Crippen molar-refractivity contribution in [1.82, 2.24) is 20.6 Å². The number of phenols is 1. The van der Waals surface area contributed by atoms with Crippen molar-refractivity contribution in [3.63, 3.8) is 0 Å². The predicted molar refractivity (Wildman–Crippen MR) is 128 cm³/mol. The second kappa shape index (κ2) is 10.1. The van der Waals surface area contributed by atoms with E-state index >= 15 is 0 Å². The topological polar surface area (TPSA) is 135 Å². The Labute approximate surface area is 202 Å². The predicted octanol–water partition coefficient (Wildman–Crippen LogP) is 4.14. The number of carbonyl (C=O) groups is 1. The largest absolute Gasteiger partial charge is 0.507 e. The van der Waals surface area contributed by atoms with Gasteiger partial charge in [0.2, 0.25) is 15.7 Å². The first-order chi connectivity index (χ1) is 16.8. The fraction of sp³-hybridized carbons (Fsp3) is 0.200. The van der Waals surface area contributed by atoms with Crippen LogP contribution in [0.15, 0.2) is 70.5 Å². The van der Waals surface area contributed by atoms with Gasteiger partial charge in [-0.2, -0.15) is 5.21 Å². The molecule has 0 unspecified atom stereocenters. The Kier molecular flexibility index (Phi) is 6.92. The molecule has 4 rings (SSSR count). The summed E-state index contributed by atoms with van der Waals surface area (Å²) in [6.45, 7) is 3.55. The number of hydrogen-bond acceptors (Lipinski definition) is 8. The van der Waals surface area contributed by atoms with Gasteiger partial charge in [0, 0.05) is 11.1 Å². The zero-order valence-corrected chi connectivity index (χ0v) is 20.0. The normalized spacial score (nSPS) is 11.4. The zero-order valence-electron chi connectivity index (χ0n) is 19.2. The number of rotatable bonds is 9. The van der Waals surface area contributed by atoms with Gasteiger partial charge in [-0.1, -0.05) is 37.6 Å². The summed E-state index contributed by atoms with van der Waals surface area (Å²) in [4.78, 5) is 12.0. The number of phenolic OH excluding ortho intramolecular Hbond substituents is 1. The Morgan fingerprint density at radius 2 is 1.83 bits per heavy atom. The van der Waals surface area contributed by atoms with E-state index in [0.717, 1.165) is 12.0 Å². The Balaban J connectivity index is 1.53. The maximum Gasteiger partial charge on any atom is 0.206 e. The van der Waals surface area contributed by atoms with Crippen LogP contribution in [0, 0.1) is 0 Å². The van der Waals surface area contributed by atoms with Crippen molar-refractivity contribution < 1.29 is 23.1 Å². The molecular formula is C25H24N4O5S. The highest BCUT2D eigenvalue weighted by molar-refractivity contribution is 7.91. The monoisotopic (exact) mass is 492 g/mol. The second-order valence-electron chi connectivity index (χ2n) is 7.94. The van der Waals surface area contributed by atoms with Crippen LogP contribution in [0.4, 0.5) is 0 Å². The molecule has 0 amide bonds. The molecule has 0 bridgehead atoms. The van der Waals surface area contributed by atoms with Crippen LogP contribution in [0.1, 0.15) is 41.8 Å². The van der Waals surface area contributed by atoms with Crippen LogP contribution >= 0.6 is 0 Å². The molecule has 0 atom stereocenters. The SMILES string of the molecule is CCCc1c(OCc2ccc(S(=O)(=O)c3cccc(-c4nn[nH]n4)c3)cc2)ccc(C(C)=O)c1O. The molecule has 0 fully saturated rings. The van der Waals surface area contributed by atoms with Crippen LogP contribution in [0.2, 0.25) is 0 Å². The molecule has 0 saturated carbocycles. The lowest BCUT2D eigenvalue weighted by molar-refractivity contribution is 0.101. The van der Waals surface area contributed by atoms with Gasteiger partial charge in [0.15, 0.2) is 5.78 Å². The van der Waals surface area contributed by atoms with Crippen molar-refractivity contribution in [1.29, 1.82) is 0 Å². The standard InChI is InChI=1S/C25H24N4O5S/c1-3-5-22-23(13-12-21(16(2)30)24(22)31)34-15-17-8-10-19(11-9-17)35(32,33)20-7-4-6-18(14-20)25-26-28-29-27-25/h4,6-14,31H,3,5,15H2,1-2H3,(H,26,27,28,29). The highest BCUT2D eigenvalue weighted by Crippen LogP contribution is 2.33. The Morgan fingerprint density at radius 1 is 1.06 bits per heavy atom. The van der Waals surface area contributed by atoms with Crippen molar-refractivity contribution in [2.24, 2.45) is 0 Å². The van der Waals surface area contributed by atoms with E-state index in [1.54, 1.807) is 36.4 Å². The molecule has 2 N–H and O–H groups in total. The Bertz CT molecular complexity index is 1450. The van der Waals surface area contributed by atoms with Gasteiger partial charge in [-0.05, 0) is 60.5 Å². The second-order valence-corrected chi connectivity index (χ2v) is 9.89. The first-order valence-corrected chi connectivity index (χ1v) is 12.5. The Morgan fingerprint density at radius 3 is 2.49 bits per heavy atom. The van der Waals surface area contributed by atoms with Gasteiger partial charge in [-0.25, -0.2) is 8.42 Å². The van der Waals surface area contributed by atoms with E-state index in [9.17, 15) is 18.3 Å². The minimum absolute atomic E-state index is 0.0543. The smallest absolute Gasteiger partial charge is 0.206 e. The van der Waals surface area contributed by atoms with E-state index in [2.05, 4.69) is 20.6 Å². The van der Waals surface area contributed by atoms with Gasteiger partial charge < -0.3 is 9.84 Å². The summed E-state index contributed by atoms with van der Waals surface area (Å²) in [6.07, 6.45) is 1.33. The summed E-state index contributed by atoms with van der Waals surface area (Å²) in [5.41, 5.74) is 2.13. The number of hydrogen-bond donors (Lipinski definition) is 2. The third kappa shape index (κ3) is 5.07. The van der Waals surface area contributed by atoms with Crippen LogP contribution in [-0.2, 0) is 22.9 Å². The number of carbonyl (C=O) groups excluding carboxylic acids is 1. The van der Waals surface area contributed by atoms with E-state index in [4.69, 9.17) is 4.74 Å². The molecule has 0 aliphatic heterocycles. The molecule has 3 aromatic carbocycles. The van der Waals surface area contributed by atoms with Crippen molar-refractivity contribution >= 4 is 15.6 Å². The molecule has 0 saturated heterocycles. The number of ether oxygens (including phenoxy) is 1. The number of benzene rings is 3. The summed E-state index contributed by atoms with van der Waals surface area (Å²) in [5.74, 6) is 0.524. The highest BCUT2D eigenvalue weighted by atomic mass is 32.2. The number of ketones is 1. The minimum Gasteiger partial charge on any atom is -0.507 e. The molecule has 4 aromatic rings. The zero-order chi connectivity index (χ0) is 25.0. The van der Waals surface area contributed by atoms with Crippen molar-refractivity contribution in [2.75, 3.05) is 0 Å². The number of aromatic nitrogens is 4. The minimum atomic E-state index is -3.76. The number of nitrogens with zero attached hydrogens (tertiary/aromatic N) is 3. The van der Waals surface area contributed by atoms with Gasteiger partial charge in [-0.3, -0.25) is 4.79 Å². The first kappa shape index (κ1) is 24.1. The van der Waals surface area contributed by atoms with Crippen molar-refractivity contribution in [3.05, 3.63) is 77.4 Å². The van der Waals surface area contributed by atoms with Gasteiger partial charge >= 0.3 is 0 Å². The van der Waals surface area contributed by atoms with Gasteiger partial charge in [0.05, 0.1) is 15.4 Å². The van der Waals surface area contributed by atoms with Gasteiger partial charge in [-0.15, -0.1) is 10.2 Å². The number of nitrogens with one attached hydrogen (secondary N) is 1. The molecule has 180 valence electrons. The number of H-pyrrole nitrogens is 1. The maximum atomic E-state index is 13.1. The molecular weight excluding hydrogens is 468 g/mol. The van der Waals surface area contributed by atoms with E-state index < -0.39 is 9.84 Å². The fourth-order valence-corrected chi connectivity index (χ4v) is 4.98. The summed E-state index contributed by atoms with van der Waals surface area (Å²) in [5, 5.41) is 24.1. The third-order valence-corrected chi connectivity index (χ3v) is 7.26. The van der Waals surface area contributed by atoms with E-state index in [1.165, 1.54) is 31.2 Å². The summed E-state index contributed by atoms with van der Waals surface area (Å²) in [6, 6.07) is 16.0. The van der Waals surface area contributed by atoms with Crippen LogP contribution in [0.5, 0.6) is 11.5 Å². The van der Waals surface area contributed by atoms with Crippen LogP contribution < -0.4 is 4.74 Å². The number of tetrazole rings is 1. The van der Waals surface area contributed by atoms with Crippen LogP contribution in [-0.4, -0.2) is 39.9 Å². The van der Waals surface area contributed by atoms with E-state index in [1.807, 2.05) is 6.92 Å². The lowest BCUT2D eigenvalue weighted by Crippen LogP contribution is -2.04. The van der Waals surface area contributed by atoms with Crippen LogP contribution in [0.25, 0.3) is 11.4 Å². The molecule has 0 aliphatic rings. The third-order valence-electron chi connectivity index (χ3n) is 5.49. The lowest BCUT2D eigenvalue weighted by Gasteiger charge is -2.15. The van der Waals surface area contributed by atoms with E-state index in [0.29, 0.717) is 29.1 Å². The summed E-state index contributed by atoms with van der Waals surface area (Å²) < 4.78 is 32.2. The number of aromatic hydroxyl groups is 1. The molecule has 10 heteroatoms. The summed E-state index contributed by atoms with van der Waals surface area (Å²) in [7, 11) is -3.76. The fourth-order valence-electron chi connectivity index (χ4n) is 3.68. The number of Topliss-reactive ketones (excluding diaryl/α,β-unsaturated/α-hetero) is 1. The van der Waals surface area contributed by atoms with E-state index in [-0.39, 0.29) is 33.5 Å². The van der Waals surface area contributed by atoms with Crippen LogP contribution in [0.3, 0.4) is 0 Å². The maximum absolute atomic E-state index is 13.1. The molecule has 1 aromatic heterocycles. The highest BCUT2D eigenvalue weighted by Gasteiger charge is 2.19. The molecule has 0 radical (unpaired) electrons. The molecule has 1 heterocycles. The van der Waals surface area contributed by atoms with Gasteiger partial charge in [0.25, 0.3) is 0 Å². The number of aromatic amines is 1. The molecule has 0 spiro atoms. The lowest BCUT2D eigenvalue weighted by atomic mass is 10.0. The number of sulfone groups is 1.